The molecular formula is C24H27N3O2. The first-order chi connectivity index (χ1) is 14.1. The number of carbonyl (C=O) groups is 1. The fraction of sp³-hybridized carbons (Fsp3) is 0.417. The van der Waals surface area contributed by atoms with Crippen LogP contribution in [0.1, 0.15) is 72.3 Å². The van der Waals surface area contributed by atoms with Crippen molar-refractivity contribution in [1.29, 1.82) is 0 Å². The SMILES string of the molecule is C=Cc1ccc([C@H]2C[C@@H]2COc2nc(C)ncc2C2CCC(=O)CC2)nc1C=C. The number of pyridine rings is 1. The third kappa shape index (κ3) is 4.29. The Bertz CT molecular complexity index is 943. The van der Waals surface area contributed by atoms with Crippen LogP contribution >= 0.6 is 0 Å². The van der Waals surface area contributed by atoms with Gasteiger partial charge in [-0.1, -0.05) is 25.3 Å². The van der Waals surface area contributed by atoms with E-state index in [9.17, 15) is 4.79 Å². The Balaban J connectivity index is 1.43. The molecule has 0 radical (unpaired) electrons. The normalized spacial score (nSPS) is 21.6. The van der Waals surface area contributed by atoms with E-state index in [4.69, 9.17) is 9.72 Å². The summed E-state index contributed by atoms with van der Waals surface area (Å²) in [5.41, 5.74) is 4.01. The topological polar surface area (TPSA) is 65.0 Å². The van der Waals surface area contributed by atoms with E-state index < -0.39 is 0 Å². The minimum Gasteiger partial charge on any atom is -0.477 e. The molecule has 0 aliphatic heterocycles. The Morgan fingerprint density at radius 1 is 1.17 bits per heavy atom. The maximum atomic E-state index is 11.6. The van der Waals surface area contributed by atoms with E-state index in [1.807, 2.05) is 13.1 Å². The van der Waals surface area contributed by atoms with Crippen LogP contribution < -0.4 is 4.74 Å². The quantitative estimate of drug-likeness (QED) is 0.675. The predicted molar refractivity (Wildman–Crippen MR) is 114 cm³/mol. The van der Waals surface area contributed by atoms with Gasteiger partial charge in [-0.2, -0.15) is 4.98 Å². The van der Waals surface area contributed by atoms with E-state index in [1.165, 1.54) is 0 Å². The van der Waals surface area contributed by atoms with Crippen molar-refractivity contribution >= 4 is 17.9 Å². The lowest BCUT2D eigenvalue weighted by Gasteiger charge is -2.22. The average Bonchev–Trinajstić information content (AvgIpc) is 3.52. The van der Waals surface area contributed by atoms with Crippen LogP contribution in [-0.2, 0) is 4.79 Å². The third-order valence-corrected chi connectivity index (χ3v) is 6.01. The minimum atomic E-state index is 0.307. The summed E-state index contributed by atoms with van der Waals surface area (Å²) in [5.74, 6) is 2.90. The number of hydrogen-bond donors (Lipinski definition) is 0. The predicted octanol–water partition coefficient (Wildman–Crippen LogP) is 4.88. The van der Waals surface area contributed by atoms with Crippen molar-refractivity contribution in [2.75, 3.05) is 6.61 Å². The van der Waals surface area contributed by atoms with Gasteiger partial charge in [-0.3, -0.25) is 9.78 Å². The first kappa shape index (κ1) is 19.5. The zero-order valence-electron chi connectivity index (χ0n) is 16.9. The number of aromatic nitrogens is 3. The lowest BCUT2D eigenvalue weighted by molar-refractivity contribution is -0.120. The molecule has 4 rings (SSSR count). The van der Waals surface area contributed by atoms with E-state index in [2.05, 4.69) is 35.3 Å². The molecule has 0 unspecified atom stereocenters. The van der Waals surface area contributed by atoms with Crippen LogP contribution in [-0.4, -0.2) is 27.3 Å². The van der Waals surface area contributed by atoms with E-state index in [0.29, 0.717) is 54.7 Å². The first-order valence-corrected chi connectivity index (χ1v) is 10.3. The molecule has 0 aromatic carbocycles. The Labute approximate surface area is 172 Å². The third-order valence-electron chi connectivity index (χ3n) is 6.01. The molecule has 5 heteroatoms. The highest BCUT2D eigenvalue weighted by Gasteiger charge is 2.40. The number of ether oxygens (including phenoxy) is 1. The molecule has 5 nitrogen and oxygen atoms in total. The van der Waals surface area contributed by atoms with Crippen LogP contribution in [0.25, 0.3) is 12.2 Å². The minimum absolute atomic E-state index is 0.307. The second-order valence-corrected chi connectivity index (χ2v) is 8.02. The van der Waals surface area contributed by atoms with E-state index in [1.54, 1.807) is 12.2 Å². The summed E-state index contributed by atoms with van der Waals surface area (Å²) in [4.78, 5) is 25.2. The van der Waals surface area contributed by atoms with Gasteiger partial charge in [0.1, 0.15) is 11.6 Å². The number of carbonyl (C=O) groups excluding carboxylic acids is 1. The van der Waals surface area contributed by atoms with Crippen LogP contribution in [0, 0.1) is 12.8 Å². The van der Waals surface area contributed by atoms with Gasteiger partial charge in [-0.15, -0.1) is 0 Å². The van der Waals surface area contributed by atoms with Crippen LogP contribution in [0.2, 0.25) is 0 Å². The summed E-state index contributed by atoms with van der Waals surface area (Å²) in [6.45, 7) is 10.2. The molecule has 150 valence electrons. The highest BCUT2D eigenvalue weighted by Crippen LogP contribution is 2.47. The monoisotopic (exact) mass is 389 g/mol. The van der Waals surface area contributed by atoms with E-state index in [0.717, 1.165) is 41.8 Å². The summed E-state index contributed by atoms with van der Waals surface area (Å²) < 4.78 is 6.18. The van der Waals surface area contributed by atoms with E-state index in [-0.39, 0.29) is 0 Å². The molecule has 2 heterocycles. The van der Waals surface area contributed by atoms with Gasteiger partial charge in [-0.05, 0) is 49.8 Å². The van der Waals surface area contributed by atoms with Gasteiger partial charge in [0, 0.05) is 42.1 Å². The molecule has 29 heavy (non-hydrogen) atoms. The molecule has 2 aromatic rings. The molecular weight excluding hydrogens is 362 g/mol. The van der Waals surface area contributed by atoms with E-state index >= 15 is 0 Å². The Hall–Kier alpha value is -2.82. The summed E-state index contributed by atoms with van der Waals surface area (Å²) in [7, 11) is 0. The highest BCUT2D eigenvalue weighted by molar-refractivity contribution is 5.79. The highest BCUT2D eigenvalue weighted by atomic mass is 16.5. The summed E-state index contributed by atoms with van der Waals surface area (Å²) in [6, 6.07) is 4.13. The molecule has 2 aliphatic rings. The molecule has 2 saturated carbocycles. The number of ketones is 1. The van der Waals surface area contributed by atoms with Crippen LogP contribution in [0.5, 0.6) is 5.88 Å². The van der Waals surface area contributed by atoms with Crippen molar-refractivity contribution in [1.82, 2.24) is 15.0 Å². The summed E-state index contributed by atoms with van der Waals surface area (Å²) >= 11 is 0. The number of aryl methyl sites for hydroxylation is 1. The number of Topliss-reactive ketones (excluding diaryl/α,β-unsaturated/α-hetero) is 1. The van der Waals surface area contributed by atoms with Gasteiger partial charge in [-0.25, -0.2) is 4.98 Å². The molecule has 2 aliphatic carbocycles. The number of rotatable bonds is 7. The molecule has 0 saturated heterocycles. The average molecular weight is 389 g/mol. The molecule has 0 spiro atoms. The largest absolute Gasteiger partial charge is 0.477 e. The van der Waals surface area contributed by atoms with Crippen LogP contribution in [0.4, 0.5) is 0 Å². The number of nitrogens with zero attached hydrogens (tertiary/aromatic N) is 3. The van der Waals surface area contributed by atoms with Crippen molar-refractivity contribution in [3.05, 3.63) is 59.8 Å². The Morgan fingerprint density at radius 3 is 2.69 bits per heavy atom. The molecule has 2 fully saturated rings. The van der Waals surface area contributed by atoms with Gasteiger partial charge in [0.2, 0.25) is 5.88 Å². The standard InChI is InChI=1S/C24H27N3O2/c1-4-16-8-11-23(27-22(16)5-2)20-12-18(20)14-29-24-21(13-25-15(3)26-24)17-6-9-19(28)10-7-17/h4-5,8,11,13,17-18,20H,1-2,6-7,9-10,12,14H2,3H3/t18-,20+/m1/s1. The zero-order chi connectivity index (χ0) is 20.4. The summed E-state index contributed by atoms with van der Waals surface area (Å²) in [6.07, 6.45) is 9.53. The molecule has 2 atom stereocenters. The second kappa shape index (κ2) is 8.27. The molecule has 2 aromatic heterocycles. The molecule has 0 amide bonds. The molecule has 0 N–H and O–H groups in total. The van der Waals surface area contributed by atoms with Crippen molar-refractivity contribution in [2.45, 2.75) is 50.9 Å². The van der Waals surface area contributed by atoms with Gasteiger partial charge in [0.15, 0.2) is 0 Å². The lowest BCUT2D eigenvalue weighted by atomic mass is 9.84. The maximum absolute atomic E-state index is 11.6. The van der Waals surface area contributed by atoms with Gasteiger partial charge in [0.25, 0.3) is 0 Å². The van der Waals surface area contributed by atoms with Gasteiger partial charge in [0.05, 0.1) is 12.3 Å². The molecule has 0 bridgehead atoms. The van der Waals surface area contributed by atoms with Crippen molar-refractivity contribution in [3.8, 4) is 5.88 Å². The van der Waals surface area contributed by atoms with Crippen LogP contribution in [0.3, 0.4) is 0 Å². The Kier molecular flexibility index (Phi) is 5.56. The lowest BCUT2D eigenvalue weighted by Crippen LogP contribution is -2.15. The number of hydrogen-bond acceptors (Lipinski definition) is 5. The fourth-order valence-electron chi connectivity index (χ4n) is 4.13. The second-order valence-electron chi connectivity index (χ2n) is 8.02. The van der Waals surface area contributed by atoms with Crippen molar-refractivity contribution < 1.29 is 9.53 Å². The first-order valence-electron chi connectivity index (χ1n) is 10.3. The zero-order valence-corrected chi connectivity index (χ0v) is 16.9. The van der Waals surface area contributed by atoms with Gasteiger partial charge < -0.3 is 4.74 Å². The van der Waals surface area contributed by atoms with Gasteiger partial charge >= 0.3 is 0 Å². The Morgan fingerprint density at radius 2 is 1.97 bits per heavy atom. The van der Waals surface area contributed by atoms with Crippen molar-refractivity contribution in [3.63, 3.8) is 0 Å². The van der Waals surface area contributed by atoms with Crippen LogP contribution in [0.15, 0.2) is 31.5 Å². The smallest absolute Gasteiger partial charge is 0.220 e. The summed E-state index contributed by atoms with van der Waals surface area (Å²) in [5, 5.41) is 0. The maximum Gasteiger partial charge on any atom is 0.220 e. The fourth-order valence-corrected chi connectivity index (χ4v) is 4.13. The van der Waals surface area contributed by atoms with Crippen molar-refractivity contribution in [2.24, 2.45) is 5.92 Å².